The van der Waals surface area contributed by atoms with E-state index < -0.39 is 0 Å². The molecule has 25 heavy (non-hydrogen) atoms. The van der Waals surface area contributed by atoms with Crippen LogP contribution in [0.15, 0.2) is 42.5 Å². The van der Waals surface area contributed by atoms with Gasteiger partial charge in [0.15, 0.2) is 11.6 Å². The highest BCUT2D eigenvalue weighted by atomic mass is 16.3. The average molecular weight is 332 g/mol. The molecule has 7 nitrogen and oxygen atoms in total. The fraction of sp³-hybridized carbons (Fsp3) is 0.0556. The first-order chi connectivity index (χ1) is 12.0. The van der Waals surface area contributed by atoms with Gasteiger partial charge in [0.2, 0.25) is 0 Å². The molecule has 2 aromatic carbocycles. The van der Waals surface area contributed by atoms with E-state index in [-0.39, 0.29) is 11.6 Å². The van der Waals surface area contributed by atoms with Crippen LogP contribution in [0.5, 0.6) is 5.75 Å². The Balaban J connectivity index is 1.78. The second-order valence-electron chi connectivity index (χ2n) is 5.89. The van der Waals surface area contributed by atoms with E-state index in [4.69, 9.17) is 11.1 Å². The van der Waals surface area contributed by atoms with E-state index in [2.05, 4.69) is 20.2 Å². The van der Waals surface area contributed by atoms with Gasteiger partial charge < -0.3 is 15.8 Å². The second-order valence-corrected chi connectivity index (χ2v) is 5.89. The Hall–Kier alpha value is -3.61. The zero-order valence-corrected chi connectivity index (χ0v) is 13.5. The summed E-state index contributed by atoms with van der Waals surface area (Å²) in [5.74, 6) is 0.492. The number of nitrogens with two attached hydrogens (primary N) is 1. The third-order valence-corrected chi connectivity index (χ3v) is 4.10. The van der Waals surface area contributed by atoms with Gasteiger partial charge in [0.25, 0.3) is 0 Å². The standard InChI is InChI=1S/C18H16N6O/c1-9-2-4-10(5-3-9)14-16(25)15(24-23-14)18-21-12-7-6-11(17(19)20)8-13(12)22-18/h2-8,25H,1H3,(H3,19,20)(H,21,22)(H,23,24). The molecule has 4 rings (SSSR count). The molecule has 0 aliphatic rings. The summed E-state index contributed by atoms with van der Waals surface area (Å²) in [6, 6.07) is 13.0. The molecule has 6 N–H and O–H groups in total. The lowest BCUT2D eigenvalue weighted by molar-refractivity contribution is 0.479. The number of hydrogen-bond acceptors (Lipinski definition) is 4. The molecule has 0 aliphatic heterocycles. The summed E-state index contributed by atoms with van der Waals surface area (Å²) < 4.78 is 0. The summed E-state index contributed by atoms with van der Waals surface area (Å²) in [7, 11) is 0. The van der Waals surface area contributed by atoms with E-state index in [0.29, 0.717) is 28.3 Å². The average Bonchev–Trinajstić information content (AvgIpc) is 3.18. The molecule has 0 atom stereocenters. The van der Waals surface area contributed by atoms with Crippen molar-refractivity contribution in [3.05, 3.63) is 53.6 Å². The first-order valence-electron chi connectivity index (χ1n) is 7.72. The van der Waals surface area contributed by atoms with Crippen molar-refractivity contribution in [3.8, 4) is 28.5 Å². The van der Waals surface area contributed by atoms with Crippen LogP contribution < -0.4 is 5.73 Å². The Morgan fingerprint density at radius 3 is 2.64 bits per heavy atom. The SMILES string of the molecule is Cc1ccc(-c2n[nH]c(-c3nc4cc(C(=N)N)ccc4[nH]3)c2O)cc1. The highest BCUT2D eigenvalue weighted by Crippen LogP contribution is 2.35. The summed E-state index contributed by atoms with van der Waals surface area (Å²) in [5, 5.41) is 25.1. The molecule has 2 heterocycles. The maximum absolute atomic E-state index is 10.6. The first kappa shape index (κ1) is 14.9. The van der Waals surface area contributed by atoms with Crippen molar-refractivity contribution in [2.24, 2.45) is 5.73 Å². The van der Waals surface area contributed by atoms with Crippen LogP contribution in [-0.2, 0) is 0 Å². The summed E-state index contributed by atoms with van der Waals surface area (Å²) >= 11 is 0. The maximum atomic E-state index is 10.6. The number of nitrogens with one attached hydrogen (secondary N) is 3. The van der Waals surface area contributed by atoms with Crippen molar-refractivity contribution in [1.29, 1.82) is 5.41 Å². The third kappa shape index (κ3) is 2.51. The van der Waals surface area contributed by atoms with E-state index in [0.717, 1.165) is 16.6 Å². The number of aryl methyl sites for hydroxylation is 1. The van der Waals surface area contributed by atoms with Crippen molar-refractivity contribution in [2.45, 2.75) is 6.92 Å². The molecular weight excluding hydrogens is 316 g/mol. The summed E-state index contributed by atoms with van der Waals surface area (Å²) in [5.41, 5.74) is 10.4. The van der Waals surface area contributed by atoms with Gasteiger partial charge in [-0.25, -0.2) is 4.98 Å². The molecule has 0 amide bonds. The molecule has 0 bridgehead atoms. The molecule has 0 unspecified atom stereocenters. The van der Waals surface area contributed by atoms with Crippen LogP contribution in [0, 0.1) is 12.3 Å². The zero-order valence-electron chi connectivity index (χ0n) is 13.5. The zero-order chi connectivity index (χ0) is 17.6. The maximum Gasteiger partial charge on any atom is 0.172 e. The number of fused-ring (bicyclic) bond motifs is 1. The summed E-state index contributed by atoms with van der Waals surface area (Å²) in [6.45, 7) is 2.00. The third-order valence-electron chi connectivity index (χ3n) is 4.10. The van der Waals surface area contributed by atoms with Crippen LogP contribution in [-0.4, -0.2) is 31.1 Å². The van der Waals surface area contributed by atoms with Gasteiger partial charge in [-0.2, -0.15) is 5.10 Å². The van der Waals surface area contributed by atoms with E-state index in [9.17, 15) is 5.11 Å². The molecule has 124 valence electrons. The van der Waals surface area contributed by atoms with Gasteiger partial charge in [0.05, 0.1) is 11.0 Å². The number of nitrogens with zero attached hydrogens (tertiary/aromatic N) is 2. The molecule has 0 spiro atoms. The van der Waals surface area contributed by atoms with Crippen molar-refractivity contribution < 1.29 is 5.11 Å². The molecule has 0 fully saturated rings. The van der Waals surface area contributed by atoms with Crippen molar-refractivity contribution in [3.63, 3.8) is 0 Å². The number of H-pyrrole nitrogens is 2. The van der Waals surface area contributed by atoms with E-state index in [1.807, 2.05) is 31.2 Å². The number of rotatable bonds is 3. The van der Waals surface area contributed by atoms with Gasteiger partial charge in [-0.15, -0.1) is 0 Å². The van der Waals surface area contributed by atoms with Crippen molar-refractivity contribution >= 4 is 16.9 Å². The molecular formula is C18H16N6O. The quantitative estimate of drug-likeness (QED) is 0.292. The number of aromatic amines is 2. The monoisotopic (exact) mass is 332 g/mol. The smallest absolute Gasteiger partial charge is 0.172 e. The van der Waals surface area contributed by atoms with Crippen LogP contribution in [0.3, 0.4) is 0 Å². The summed E-state index contributed by atoms with van der Waals surface area (Å²) in [6.07, 6.45) is 0. The van der Waals surface area contributed by atoms with Gasteiger partial charge in [-0.1, -0.05) is 29.8 Å². The second kappa shape index (κ2) is 5.48. The predicted molar refractivity (Wildman–Crippen MR) is 96.5 cm³/mol. The van der Waals surface area contributed by atoms with Gasteiger partial charge in [0, 0.05) is 11.1 Å². The van der Waals surface area contributed by atoms with Crippen LogP contribution >= 0.6 is 0 Å². The van der Waals surface area contributed by atoms with Gasteiger partial charge in [-0.3, -0.25) is 10.5 Å². The molecule has 0 aliphatic carbocycles. The lowest BCUT2D eigenvalue weighted by atomic mass is 10.1. The van der Waals surface area contributed by atoms with Gasteiger partial charge in [0.1, 0.15) is 17.2 Å². The van der Waals surface area contributed by atoms with E-state index >= 15 is 0 Å². The number of imidazole rings is 1. The molecule has 2 aromatic heterocycles. The number of nitrogen functional groups attached to an aromatic ring is 1. The highest BCUT2D eigenvalue weighted by Gasteiger charge is 2.18. The Morgan fingerprint density at radius 2 is 1.92 bits per heavy atom. The Morgan fingerprint density at radius 1 is 1.16 bits per heavy atom. The van der Waals surface area contributed by atoms with Crippen molar-refractivity contribution in [2.75, 3.05) is 0 Å². The Kier molecular flexibility index (Phi) is 3.28. The molecule has 4 aromatic rings. The molecule has 0 saturated heterocycles. The normalized spacial score (nSPS) is 11.1. The van der Waals surface area contributed by atoms with Gasteiger partial charge in [-0.05, 0) is 25.1 Å². The fourth-order valence-electron chi connectivity index (χ4n) is 2.71. The predicted octanol–water partition coefficient (Wildman–Crippen LogP) is 2.92. The number of aromatic hydroxyl groups is 1. The van der Waals surface area contributed by atoms with Crippen LogP contribution in [0.25, 0.3) is 33.8 Å². The van der Waals surface area contributed by atoms with Crippen molar-refractivity contribution in [1.82, 2.24) is 20.2 Å². The first-order valence-corrected chi connectivity index (χ1v) is 7.72. The lowest BCUT2D eigenvalue weighted by Gasteiger charge is -1.99. The molecule has 0 saturated carbocycles. The molecule has 7 heteroatoms. The largest absolute Gasteiger partial charge is 0.504 e. The minimum atomic E-state index is -0.0162. The Bertz CT molecular complexity index is 1090. The van der Waals surface area contributed by atoms with E-state index in [1.165, 1.54) is 0 Å². The number of benzene rings is 2. The number of amidine groups is 1. The van der Waals surface area contributed by atoms with Gasteiger partial charge >= 0.3 is 0 Å². The topological polar surface area (TPSA) is 127 Å². The minimum Gasteiger partial charge on any atom is -0.504 e. The fourth-order valence-corrected chi connectivity index (χ4v) is 2.71. The number of aromatic nitrogens is 4. The lowest BCUT2D eigenvalue weighted by Crippen LogP contribution is -2.10. The minimum absolute atomic E-state index is 0.0162. The van der Waals surface area contributed by atoms with Crippen LogP contribution in [0.2, 0.25) is 0 Å². The Labute approximate surface area is 143 Å². The number of hydrogen-bond donors (Lipinski definition) is 5. The highest BCUT2D eigenvalue weighted by molar-refractivity contribution is 5.98. The van der Waals surface area contributed by atoms with E-state index in [1.54, 1.807) is 18.2 Å². The summed E-state index contributed by atoms with van der Waals surface area (Å²) in [4.78, 5) is 7.61. The van der Waals surface area contributed by atoms with Crippen LogP contribution in [0.1, 0.15) is 11.1 Å². The van der Waals surface area contributed by atoms with Crippen LogP contribution in [0.4, 0.5) is 0 Å². The molecule has 0 radical (unpaired) electrons.